The van der Waals surface area contributed by atoms with Crippen LogP contribution in [0.15, 0.2) is 42.5 Å². The van der Waals surface area contributed by atoms with E-state index in [9.17, 15) is 4.79 Å². The van der Waals surface area contributed by atoms with Gasteiger partial charge in [0, 0.05) is 10.6 Å². The molecule has 0 saturated heterocycles. The molecule has 23 heavy (non-hydrogen) atoms. The van der Waals surface area contributed by atoms with Crippen LogP contribution in [0.3, 0.4) is 0 Å². The van der Waals surface area contributed by atoms with Crippen LogP contribution in [0.4, 0.5) is 0 Å². The smallest absolute Gasteiger partial charge is 0.338 e. The molecule has 0 bridgehead atoms. The molecule has 1 aromatic heterocycles. The number of halogens is 1. The van der Waals surface area contributed by atoms with Gasteiger partial charge in [0.25, 0.3) is 0 Å². The van der Waals surface area contributed by atoms with Gasteiger partial charge in [0.15, 0.2) is 0 Å². The second-order valence-electron chi connectivity index (χ2n) is 5.27. The second-order valence-corrected chi connectivity index (χ2v) is 5.67. The Labute approximate surface area is 139 Å². The molecule has 0 aliphatic heterocycles. The molecule has 0 N–H and O–H groups in total. The highest BCUT2D eigenvalue weighted by Gasteiger charge is 2.11. The summed E-state index contributed by atoms with van der Waals surface area (Å²) in [5.74, 6) is -0.410. The summed E-state index contributed by atoms with van der Waals surface area (Å²) in [5.41, 5.74) is 4.39. The van der Waals surface area contributed by atoms with E-state index in [2.05, 4.69) is 9.97 Å². The van der Waals surface area contributed by atoms with E-state index in [0.717, 1.165) is 22.5 Å². The fourth-order valence-corrected chi connectivity index (χ4v) is 2.39. The lowest BCUT2D eigenvalue weighted by atomic mass is 10.2. The third-order valence-corrected chi connectivity index (χ3v) is 4.00. The van der Waals surface area contributed by atoms with E-state index in [0.29, 0.717) is 16.1 Å². The van der Waals surface area contributed by atoms with Crippen molar-refractivity contribution >= 4 is 28.6 Å². The van der Waals surface area contributed by atoms with Crippen molar-refractivity contribution in [1.82, 2.24) is 9.97 Å². The molecule has 2 aromatic carbocycles. The Bertz CT molecular complexity index is 893. The monoisotopic (exact) mass is 326 g/mol. The van der Waals surface area contributed by atoms with E-state index in [-0.39, 0.29) is 6.61 Å². The molecule has 0 aliphatic rings. The number of rotatable bonds is 3. The van der Waals surface area contributed by atoms with Crippen molar-refractivity contribution in [2.75, 3.05) is 0 Å². The number of hydrogen-bond acceptors (Lipinski definition) is 4. The molecule has 3 rings (SSSR count). The molecule has 1 heterocycles. The lowest BCUT2D eigenvalue weighted by Crippen LogP contribution is -2.06. The minimum atomic E-state index is -0.410. The molecule has 3 aromatic rings. The predicted octanol–water partition coefficient (Wildman–Crippen LogP) is 4.26. The Hall–Kier alpha value is -2.46. The van der Waals surface area contributed by atoms with Crippen molar-refractivity contribution < 1.29 is 9.53 Å². The quantitative estimate of drug-likeness (QED) is 0.675. The molecular weight excluding hydrogens is 312 g/mol. The first-order chi connectivity index (χ1) is 11.0. The van der Waals surface area contributed by atoms with Crippen LogP contribution < -0.4 is 0 Å². The summed E-state index contributed by atoms with van der Waals surface area (Å²) in [6.07, 6.45) is 0. The molecule has 0 saturated carbocycles. The maximum absolute atomic E-state index is 12.2. The molecule has 0 amide bonds. The number of esters is 1. The summed E-state index contributed by atoms with van der Waals surface area (Å²) in [5, 5.41) is 0.579. The molecule has 0 spiro atoms. The van der Waals surface area contributed by atoms with E-state index in [4.69, 9.17) is 16.3 Å². The summed E-state index contributed by atoms with van der Waals surface area (Å²) in [6, 6.07) is 12.5. The van der Waals surface area contributed by atoms with Gasteiger partial charge >= 0.3 is 5.97 Å². The number of benzene rings is 2. The Balaban J connectivity index is 1.81. The molecule has 0 aliphatic carbocycles. The predicted molar refractivity (Wildman–Crippen MR) is 89.6 cm³/mol. The Morgan fingerprint density at radius 2 is 1.74 bits per heavy atom. The van der Waals surface area contributed by atoms with E-state index in [1.807, 2.05) is 32.0 Å². The van der Waals surface area contributed by atoms with Gasteiger partial charge in [0.05, 0.1) is 28.0 Å². The molecular formula is C18H15ClN2O2. The number of ether oxygens (including phenoxy) is 1. The third-order valence-electron chi connectivity index (χ3n) is 3.63. The van der Waals surface area contributed by atoms with Crippen molar-refractivity contribution in [2.45, 2.75) is 20.5 Å². The Morgan fingerprint density at radius 3 is 2.48 bits per heavy atom. The topological polar surface area (TPSA) is 52.1 Å². The molecule has 116 valence electrons. The largest absolute Gasteiger partial charge is 0.457 e. The Kier molecular flexibility index (Phi) is 4.26. The zero-order valence-corrected chi connectivity index (χ0v) is 13.6. The summed E-state index contributed by atoms with van der Waals surface area (Å²) < 4.78 is 5.33. The SMILES string of the molecule is Cc1nc2ccc(C(=O)OCc3ccccc3Cl)cc2nc1C. The van der Waals surface area contributed by atoms with Gasteiger partial charge in [-0.3, -0.25) is 0 Å². The van der Waals surface area contributed by atoms with Crippen LogP contribution in [0, 0.1) is 13.8 Å². The van der Waals surface area contributed by atoms with Crippen molar-refractivity contribution in [1.29, 1.82) is 0 Å². The first-order valence-electron chi connectivity index (χ1n) is 7.20. The fraction of sp³-hybridized carbons (Fsp3) is 0.167. The lowest BCUT2D eigenvalue weighted by Gasteiger charge is -2.07. The van der Waals surface area contributed by atoms with Crippen LogP contribution in [0.2, 0.25) is 5.02 Å². The lowest BCUT2D eigenvalue weighted by molar-refractivity contribution is 0.0473. The number of aryl methyl sites for hydroxylation is 2. The minimum Gasteiger partial charge on any atom is -0.457 e. The Morgan fingerprint density at radius 1 is 1.04 bits per heavy atom. The van der Waals surface area contributed by atoms with Gasteiger partial charge < -0.3 is 4.74 Å². The number of fused-ring (bicyclic) bond motifs is 1. The maximum Gasteiger partial charge on any atom is 0.338 e. The third kappa shape index (κ3) is 3.32. The summed E-state index contributed by atoms with van der Waals surface area (Å²) in [4.78, 5) is 21.1. The molecule has 4 nitrogen and oxygen atoms in total. The molecule has 5 heteroatoms. The van der Waals surface area contributed by atoms with Gasteiger partial charge in [-0.2, -0.15) is 0 Å². The van der Waals surface area contributed by atoms with Gasteiger partial charge in [-0.1, -0.05) is 29.8 Å². The number of carbonyl (C=O) groups is 1. The zero-order chi connectivity index (χ0) is 16.4. The average Bonchev–Trinajstić information content (AvgIpc) is 2.54. The average molecular weight is 327 g/mol. The van der Waals surface area contributed by atoms with Crippen molar-refractivity contribution in [2.24, 2.45) is 0 Å². The number of nitrogens with zero attached hydrogens (tertiary/aromatic N) is 2. The van der Waals surface area contributed by atoms with Crippen molar-refractivity contribution in [3.63, 3.8) is 0 Å². The normalized spacial score (nSPS) is 10.7. The second kappa shape index (κ2) is 6.34. The number of aromatic nitrogens is 2. The summed E-state index contributed by atoms with van der Waals surface area (Å²) in [7, 11) is 0. The van der Waals surface area contributed by atoms with Crippen molar-refractivity contribution in [3.8, 4) is 0 Å². The van der Waals surface area contributed by atoms with Gasteiger partial charge in [0.1, 0.15) is 6.61 Å². The molecule has 0 unspecified atom stereocenters. The minimum absolute atomic E-state index is 0.134. The summed E-state index contributed by atoms with van der Waals surface area (Å²) >= 11 is 6.05. The van der Waals surface area contributed by atoms with Crippen LogP contribution in [0.25, 0.3) is 11.0 Å². The van der Waals surface area contributed by atoms with Crippen LogP contribution >= 0.6 is 11.6 Å². The van der Waals surface area contributed by atoms with Gasteiger partial charge in [-0.15, -0.1) is 0 Å². The van der Waals surface area contributed by atoms with E-state index in [1.54, 1.807) is 24.3 Å². The highest BCUT2D eigenvalue weighted by molar-refractivity contribution is 6.31. The molecule has 0 fully saturated rings. The van der Waals surface area contributed by atoms with Crippen LogP contribution in [0.1, 0.15) is 27.3 Å². The van der Waals surface area contributed by atoms with Gasteiger partial charge in [0.2, 0.25) is 0 Å². The van der Waals surface area contributed by atoms with Crippen LogP contribution in [-0.4, -0.2) is 15.9 Å². The van der Waals surface area contributed by atoms with Crippen LogP contribution in [0.5, 0.6) is 0 Å². The first-order valence-corrected chi connectivity index (χ1v) is 7.58. The highest BCUT2D eigenvalue weighted by Crippen LogP contribution is 2.18. The van der Waals surface area contributed by atoms with E-state index >= 15 is 0 Å². The number of hydrogen-bond donors (Lipinski definition) is 0. The van der Waals surface area contributed by atoms with E-state index < -0.39 is 5.97 Å². The van der Waals surface area contributed by atoms with Gasteiger partial charge in [-0.25, -0.2) is 14.8 Å². The first kappa shape index (κ1) is 15.4. The molecule has 0 atom stereocenters. The maximum atomic E-state index is 12.2. The van der Waals surface area contributed by atoms with Crippen molar-refractivity contribution in [3.05, 3.63) is 70.0 Å². The zero-order valence-electron chi connectivity index (χ0n) is 12.8. The van der Waals surface area contributed by atoms with Crippen LogP contribution in [-0.2, 0) is 11.3 Å². The number of carbonyl (C=O) groups excluding carboxylic acids is 1. The fourth-order valence-electron chi connectivity index (χ4n) is 2.20. The summed E-state index contributed by atoms with van der Waals surface area (Å²) in [6.45, 7) is 3.94. The highest BCUT2D eigenvalue weighted by atomic mass is 35.5. The van der Waals surface area contributed by atoms with Gasteiger partial charge in [-0.05, 0) is 38.1 Å². The van der Waals surface area contributed by atoms with E-state index in [1.165, 1.54) is 0 Å². The standard InChI is InChI=1S/C18H15ClN2O2/c1-11-12(2)21-17-9-13(7-8-16(17)20-11)18(22)23-10-14-5-3-4-6-15(14)19/h3-9H,10H2,1-2H3. The molecule has 0 radical (unpaired) electrons.